The Morgan fingerprint density at radius 3 is 2.96 bits per heavy atom. The fraction of sp³-hybridized carbons (Fsp3) is 0.778. The summed E-state index contributed by atoms with van der Waals surface area (Å²) in [7, 11) is 0. The molecule has 0 bridgehead atoms. The van der Waals surface area contributed by atoms with E-state index in [1.807, 2.05) is 15.6 Å². The van der Waals surface area contributed by atoms with Crippen molar-refractivity contribution in [2.24, 2.45) is 11.8 Å². The summed E-state index contributed by atoms with van der Waals surface area (Å²) in [4.78, 5) is 14.5. The van der Waals surface area contributed by atoms with Gasteiger partial charge in [0, 0.05) is 25.8 Å². The van der Waals surface area contributed by atoms with Crippen LogP contribution in [0.5, 0.6) is 0 Å². The van der Waals surface area contributed by atoms with Gasteiger partial charge in [-0.05, 0) is 57.3 Å². The van der Waals surface area contributed by atoms with Crippen molar-refractivity contribution in [1.82, 2.24) is 14.7 Å². The fourth-order valence-corrected chi connectivity index (χ4v) is 3.52. The second-order valence-corrected chi connectivity index (χ2v) is 7.66. The minimum absolute atomic E-state index is 0.0283. The van der Waals surface area contributed by atoms with Crippen LogP contribution in [0.1, 0.15) is 51.5 Å². The Hall–Kier alpha value is -1.56. The summed E-state index contributed by atoms with van der Waals surface area (Å²) in [5.74, 6) is 2.28. The third-order valence-corrected chi connectivity index (χ3v) is 5.53. The molecule has 0 aromatic carbocycles. The van der Waals surface area contributed by atoms with Crippen LogP contribution in [-0.2, 0) is 4.74 Å². The Morgan fingerprint density at radius 2 is 2.21 bits per heavy atom. The molecule has 132 valence electrons. The average Bonchev–Trinajstić information content (AvgIpc) is 3.51. The van der Waals surface area contributed by atoms with Crippen molar-refractivity contribution in [2.45, 2.75) is 57.6 Å². The van der Waals surface area contributed by atoms with Crippen LogP contribution in [0.25, 0.3) is 0 Å². The van der Waals surface area contributed by atoms with Gasteiger partial charge in [0.1, 0.15) is 5.82 Å². The molecule has 2 aliphatic carbocycles. The van der Waals surface area contributed by atoms with E-state index in [1.165, 1.54) is 25.7 Å². The third-order valence-electron chi connectivity index (χ3n) is 5.53. The van der Waals surface area contributed by atoms with E-state index in [9.17, 15) is 4.79 Å². The van der Waals surface area contributed by atoms with Gasteiger partial charge in [0.2, 0.25) is 0 Å². The van der Waals surface area contributed by atoms with E-state index in [2.05, 4.69) is 17.3 Å². The predicted octanol–water partition coefficient (Wildman–Crippen LogP) is 3.28. The first kappa shape index (κ1) is 15.9. The molecule has 1 aromatic heterocycles. The molecular weight excluding hydrogens is 304 g/mol. The van der Waals surface area contributed by atoms with Crippen molar-refractivity contribution in [3.63, 3.8) is 0 Å². The van der Waals surface area contributed by atoms with Crippen LogP contribution >= 0.6 is 0 Å². The summed E-state index contributed by atoms with van der Waals surface area (Å²) in [6, 6.07) is 2.22. The van der Waals surface area contributed by atoms with Crippen LogP contribution in [0.4, 0.5) is 10.6 Å². The van der Waals surface area contributed by atoms with Crippen molar-refractivity contribution in [3.8, 4) is 0 Å². The lowest BCUT2D eigenvalue weighted by molar-refractivity contribution is 0.00595. The molecule has 0 radical (unpaired) electrons. The molecule has 1 N–H and O–H groups in total. The molecule has 3 fully saturated rings. The number of anilines is 1. The first-order chi connectivity index (χ1) is 11.7. The Morgan fingerprint density at radius 1 is 1.38 bits per heavy atom. The molecule has 2 heterocycles. The number of urea groups is 1. The van der Waals surface area contributed by atoms with Crippen molar-refractivity contribution < 1.29 is 9.53 Å². The number of ether oxygens (including phenoxy) is 1. The third kappa shape index (κ3) is 3.74. The van der Waals surface area contributed by atoms with Gasteiger partial charge in [-0.1, -0.05) is 0 Å². The summed E-state index contributed by atoms with van der Waals surface area (Å²) in [6.45, 7) is 4.56. The SMILES string of the molecule is C[C@@H](C1CC1)n1nccc1NC(=O)N1CCC[C@@H](OCC2CC2)C1. The number of hydrogen-bond donors (Lipinski definition) is 1. The maximum Gasteiger partial charge on any atom is 0.323 e. The molecule has 1 aliphatic heterocycles. The maximum absolute atomic E-state index is 12.6. The van der Waals surface area contributed by atoms with Gasteiger partial charge in [0.25, 0.3) is 0 Å². The quantitative estimate of drug-likeness (QED) is 0.870. The molecule has 2 amide bonds. The number of rotatable bonds is 6. The maximum atomic E-state index is 12.6. The Bertz CT molecular complexity index is 579. The fourth-order valence-electron chi connectivity index (χ4n) is 3.52. The standard InChI is InChI=1S/C18H28N4O2/c1-13(15-6-7-15)22-17(8-9-19-22)20-18(23)21-10-2-3-16(11-21)24-12-14-4-5-14/h8-9,13-16H,2-7,10-12H2,1H3,(H,20,23)/t13-,16+/m0/s1. The monoisotopic (exact) mass is 332 g/mol. The molecule has 6 heteroatoms. The Labute approximate surface area is 143 Å². The topological polar surface area (TPSA) is 59.4 Å². The first-order valence-electron chi connectivity index (χ1n) is 9.41. The molecule has 1 aromatic rings. The van der Waals surface area contributed by atoms with Crippen molar-refractivity contribution in [2.75, 3.05) is 25.0 Å². The van der Waals surface area contributed by atoms with Gasteiger partial charge in [-0.2, -0.15) is 5.10 Å². The zero-order valence-electron chi connectivity index (χ0n) is 14.5. The van der Waals surface area contributed by atoms with Crippen molar-refractivity contribution >= 4 is 11.8 Å². The van der Waals surface area contributed by atoms with E-state index in [4.69, 9.17) is 4.74 Å². The lowest BCUT2D eigenvalue weighted by Gasteiger charge is -2.32. The van der Waals surface area contributed by atoms with Gasteiger partial charge in [-0.25, -0.2) is 9.48 Å². The molecule has 2 atom stereocenters. The van der Waals surface area contributed by atoms with E-state index < -0.39 is 0 Å². The summed E-state index contributed by atoms with van der Waals surface area (Å²) in [5, 5.41) is 7.46. The molecule has 6 nitrogen and oxygen atoms in total. The van der Waals surface area contributed by atoms with Gasteiger partial charge in [0.05, 0.1) is 18.3 Å². The van der Waals surface area contributed by atoms with Gasteiger partial charge in [-0.15, -0.1) is 0 Å². The summed E-state index contributed by atoms with van der Waals surface area (Å²) in [6.07, 6.45) is 9.18. The highest BCUT2D eigenvalue weighted by Crippen LogP contribution is 2.40. The molecule has 24 heavy (non-hydrogen) atoms. The highest BCUT2D eigenvalue weighted by Gasteiger charge is 2.32. The number of piperidine rings is 1. The Balaban J connectivity index is 1.32. The lowest BCUT2D eigenvalue weighted by Crippen LogP contribution is -2.45. The van der Waals surface area contributed by atoms with Crippen LogP contribution in [-0.4, -0.2) is 46.5 Å². The average molecular weight is 332 g/mol. The van der Waals surface area contributed by atoms with E-state index >= 15 is 0 Å². The van der Waals surface area contributed by atoms with Crippen LogP contribution in [0.2, 0.25) is 0 Å². The number of amides is 2. The number of likely N-dealkylation sites (tertiary alicyclic amines) is 1. The van der Waals surface area contributed by atoms with Gasteiger partial charge < -0.3 is 9.64 Å². The van der Waals surface area contributed by atoms with E-state index in [-0.39, 0.29) is 12.1 Å². The van der Waals surface area contributed by atoms with Crippen molar-refractivity contribution in [1.29, 1.82) is 0 Å². The van der Waals surface area contributed by atoms with Gasteiger partial charge >= 0.3 is 6.03 Å². The van der Waals surface area contributed by atoms with Gasteiger partial charge in [0.15, 0.2) is 0 Å². The smallest absolute Gasteiger partial charge is 0.323 e. The lowest BCUT2D eigenvalue weighted by atomic mass is 10.1. The minimum Gasteiger partial charge on any atom is -0.376 e. The highest BCUT2D eigenvalue weighted by molar-refractivity contribution is 5.88. The zero-order valence-corrected chi connectivity index (χ0v) is 14.5. The van der Waals surface area contributed by atoms with Crippen LogP contribution in [0.15, 0.2) is 12.3 Å². The molecular formula is C18H28N4O2. The highest BCUT2D eigenvalue weighted by atomic mass is 16.5. The largest absolute Gasteiger partial charge is 0.376 e. The molecule has 0 unspecified atom stereocenters. The molecule has 3 aliphatic rings. The summed E-state index contributed by atoms with van der Waals surface area (Å²) < 4.78 is 7.94. The molecule has 0 spiro atoms. The van der Waals surface area contributed by atoms with Crippen LogP contribution in [0, 0.1) is 11.8 Å². The second-order valence-electron chi connectivity index (χ2n) is 7.66. The first-order valence-corrected chi connectivity index (χ1v) is 9.41. The van der Waals surface area contributed by atoms with Crippen LogP contribution in [0.3, 0.4) is 0 Å². The molecule has 2 saturated carbocycles. The van der Waals surface area contributed by atoms with E-state index in [1.54, 1.807) is 6.20 Å². The summed E-state index contributed by atoms with van der Waals surface area (Å²) >= 11 is 0. The zero-order chi connectivity index (χ0) is 16.5. The number of nitrogens with zero attached hydrogens (tertiary/aromatic N) is 3. The number of hydrogen-bond acceptors (Lipinski definition) is 3. The minimum atomic E-state index is -0.0283. The Kier molecular flexibility index (Phi) is 4.48. The number of carbonyl (C=O) groups is 1. The molecule has 4 rings (SSSR count). The van der Waals surface area contributed by atoms with Crippen molar-refractivity contribution in [3.05, 3.63) is 12.3 Å². The van der Waals surface area contributed by atoms with E-state index in [0.29, 0.717) is 18.5 Å². The van der Waals surface area contributed by atoms with Gasteiger partial charge in [-0.3, -0.25) is 5.32 Å². The number of aromatic nitrogens is 2. The van der Waals surface area contributed by atoms with Crippen LogP contribution < -0.4 is 5.32 Å². The normalized spacial score (nSPS) is 25.5. The van der Waals surface area contributed by atoms with E-state index in [0.717, 1.165) is 37.7 Å². The summed E-state index contributed by atoms with van der Waals surface area (Å²) in [5.41, 5.74) is 0. The molecule has 1 saturated heterocycles. The predicted molar refractivity (Wildman–Crippen MR) is 92.0 cm³/mol. The number of carbonyl (C=O) groups excluding carboxylic acids is 1. The second kappa shape index (κ2) is 6.75. The number of nitrogens with one attached hydrogen (secondary N) is 1.